The third kappa shape index (κ3) is 4.23. The molecule has 2 aliphatic carbocycles. The van der Waals surface area contributed by atoms with Crippen LogP contribution in [0.3, 0.4) is 0 Å². The molecule has 0 aromatic rings. The number of nitrogens with two attached hydrogens (primary N) is 1. The Bertz CT molecular complexity index is 328. The smallest absolute Gasteiger partial charge is 0.212 e. The predicted molar refractivity (Wildman–Crippen MR) is 69.1 cm³/mol. The summed E-state index contributed by atoms with van der Waals surface area (Å²) in [4.78, 5) is 0. The lowest BCUT2D eigenvalue weighted by atomic mass is 9.93. The van der Waals surface area contributed by atoms with Crippen molar-refractivity contribution in [3.05, 3.63) is 0 Å². The number of sulfonamides is 1. The van der Waals surface area contributed by atoms with Crippen molar-refractivity contribution >= 4 is 10.0 Å². The Kier molecular flexibility index (Phi) is 4.44. The minimum Gasteiger partial charge on any atom is -0.328 e. The summed E-state index contributed by atoms with van der Waals surface area (Å²) in [6.45, 7) is 0. The molecule has 0 saturated heterocycles. The van der Waals surface area contributed by atoms with E-state index in [1.54, 1.807) is 0 Å². The van der Waals surface area contributed by atoms with Gasteiger partial charge in [-0.1, -0.05) is 12.8 Å². The fourth-order valence-electron chi connectivity index (χ4n) is 3.03. The van der Waals surface area contributed by atoms with Crippen LogP contribution in [0.4, 0.5) is 0 Å². The molecule has 4 nitrogen and oxygen atoms in total. The van der Waals surface area contributed by atoms with Crippen LogP contribution in [0.25, 0.3) is 0 Å². The highest BCUT2D eigenvalue weighted by Crippen LogP contribution is 2.26. The van der Waals surface area contributed by atoms with Gasteiger partial charge < -0.3 is 5.73 Å². The zero-order chi connectivity index (χ0) is 12.3. The van der Waals surface area contributed by atoms with Gasteiger partial charge in [-0.05, 0) is 44.4 Å². The minimum absolute atomic E-state index is 0.126. The van der Waals surface area contributed by atoms with Crippen molar-refractivity contribution in [3.63, 3.8) is 0 Å². The fraction of sp³-hybridized carbons (Fsp3) is 1.00. The largest absolute Gasteiger partial charge is 0.328 e. The molecule has 0 spiro atoms. The normalized spacial score (nSPS) is 31.8. The third-order valence-corrected chi connectivity index (χ3v) is 5.65. The van der Waals surface area contributed by atoms with Crippen LogP contribution in [0.1, 0.15) is 51.4 Å². The Labute approximate surface area is 104 Å². The highest BCUT2D eigenvalue weighted by Gasteiger charge is 2.26. The Balaban J connectivity index is 1.80. The maximum absolute atomic E-state index is 12.0. The number of hydrogen-bond donors (Lipinski definition) is 2. The average Bonchev–Trinajstić information content (AvgIpc) is 2.73. The van der Waals surface area contributed by atoms with E-state index in [2.05, 4.69) is 4.72 Å². The van der Waals surface area contributed by atoms with Crippen molar-refractivity contribution in [2.45, 2.75) is 63.5 Å². The zero-order valence-corrected chi connectivity index (χ0v) is 11.2. The summed E-state index contributed by atoms with van der Waals surface area (Å²) in [5.74, 6) is 0.716. The maximum atomic E-state index is 12.0. The summed E-state index contributed by atoms with van der Waals surface area (Å²) in [6, 6.07) is 0.395. The van der Waals surface area contributed by atoms with Gasteiger partial charge in [-0.2, -0.15) is 0 Å². The first-order valence-electron chi connectivity index (χ1n) is 6.81. The molecule has 0 bridgehead atoms. The summed E-state index contributed by atoms with van der Waals surface area (Å²) in [6.07, 6.45) is 8.22. The average molecular weight is 260 g/mol. The Morgan fingerprint density at radius 2 is 1.59 bits per heavy atom. The second kappa shape index (κ2) is 5.67. The van der Waals surface area contributed by atoms with Crippen LogP contribution in [-0.2, 0) is 10.0 Å². The summed E-state index contributed by atoms with van der Waals surface area (Å²) >= 11 is 0. The van der Waals surface area contributed by atoms with Crippen molar-refractivity contribution in [2.75, 3.05) is 5.75 Å². The lowest BCUT2D eigenvalue weighted by Gasteiger charge is -2.27. The quantitative estimate of drug-likeness (QED) is 0.802. The van der Waals surface area contributed by atoms with Crippen LogP contribution in [0.5, 0.6) is 0 Å². The summed E-state index contributed by atoms with van der Waals surface area (Å²) < 4.78 is 26.8. The molecule has 0 aromatic carbocycles. The lowest BCUT2D eigenvalue weighted by molar-refractivity contribution is 0.372. The molecule has 0 radical (unpaired) electrons. The van der Waals surface area contributed by atoms with Crippen molar-refractivity contribution in [1.82, 2.24) is 4.72 Å². The molecule has 0 heterocycles. The fourth-order valence-corrected chi connectivity index (χ4v) is 4.82. The SMILES string of the molecule is NC1CCC(NS(=O)(=O)CC2CCCC2)CC1. The molecule has 2 saturated carbocycles. The van der Waals surface area contributed by atoms with Gasteiger partial charge in [0.25, 0.3) is 0 Å². The lowest BCUT2D eigenvalue weighted by Crippen LogP contribution is -2.42. The summed E-state index contributed by atoms with van der Waals surface area (Å²) in [5, 5.41) is 0. The van der Waals surface area contributed by atoms with Gasteiger partial charge in [0.05, 0.1) is 5.75 Å². The van der Waals surface area contributed by atoms with Crippen molar-refractivity contribution < 1.29 is 8.42 Å². The Hall–Kier alpha value is -0.130. The van der Waals surface area contributed by atoms with Gasteiger partial charge in [-0.3, -0.25) is 0 Å². The second-order valence-electron chi connectivity index (χ2n) is 5.66. The van der Waals surface area contributed by atoms with Crippen LogP contribution in [-0.4, -0.2) is 26.3 Å². The molecule has 0 unspecified atom stereocenters. The molecular formula is C12H24N2O2S. The topological polar surface area (TPSA) is 72.2 Å². The molecule has 0 aliphatic heterocycles. The van der Waals surface area contributed by atoms with Crippen LogP contribution < -0.4 is 10.5 Å². The van der Waals surface area contributed by atoms with Crippen LogP contribution in [0, 0.1) is 5.92 Å². The van der Waals surface area contributed by atoms with Crippen LogP contribution in [0.15, 0.2) is 0 Å². The zero-order valence-electron chi connectivity index (χ0n) is 10.4. The van der Waals surface area contributed by atoms with E-state index in [1.807, 2.05) is 0 Å². The molecule has 2 fully saturated rings. The van der Waals surface area contributed by atoms with Crippen molar-refractivity contribution in [3.8, 4) is 0 Å². The van der Waals surface area contributed by atoms with E-state index >= 15 is 0 Å². The van der Waals surface area contributed by atoms with Crippen LogP contribution in [0.2, 0.25) is 0 Å². The second-order valence-corrected chi connectivity index (χ2v) is 7.46. The molecular weight excluding hydrogens is 236 g/mol. The standard InChI is InChI=1S/C12H24N2O2S/c13-11-5-7-12(8-6-11)14-17(15,16)9-10-3-1-2-4-10/h10-12,14H,1-9,13H2. The predicted octanol–water partition coefficient (Wildman–Crippen LogP) is 1.37. The van der Waals surface area contributed by atoms with Crippen LogP contribution >= 0.6 is 0 Å². The molecule has 0 atom stereocenters. The minimum atomic E-state index is -3.07. The van der Waals surface area contributed by atoms with Gasteiger partial charge in [0.2, 0.25) is 10.0 Å². The van der Waals surface area contributed by atoms with E-state index in [-0.39, 0.29) is 12.1 Å². The van der Waals surface area contributed by atoms with E-state index in [0.717, 1.165) is 38.5 Å². The molecule has 5 heteroatoms. The van der Waals surface area contributed by atoms with Gasteiger partial charge in [0.15, 0.2) is 0 Å². The first-order valence-corrected chi connectivity index (χ1v) is 8.46. The number of nitrogens with one attached hydrogen (secondary N) is 1. The van der Waals surface area contributed by atoms with Gasteiger partial charge in [0, 0.05) is 12.1 Å². The van der Waals surface area contributed by atoms with Gasteiger partial charge >= 0.3 is 0 Å². The van der Waals surface area contributed by atoms with E-state index < -0.39 is 10.0 Å². The molecule has 0 aromatic heterocycles. The van der Waals surface area contributed by atoms with Gasteiger partial charge in [-0.25, -0.2) is 13.1 Å². The maximum Gasteiger partial charge on any atom is 0.212 e. The molecule has 17 heavy (non-hydrogen) atoms. The van der Waals surface area contributed by atoms with E-state index in [4.69, 9.17) is 5.73 Å². The van der Waals surface area contributed by atoms with Crippen molar-refractivity contribution in [1.29, 1.82) is 0 Å². The number of rotatable bonds is 4. The number of hydrogen-bond acceptors (Lipinski definition) is 3. The molecule has 0 amide bonds. The monoisotopic (exact) mass is 260 g/mol. The van der Waals surface area contributed by atoms with E-state index in [9.17, 15) is 8.42 Å². The summed E-state index contributed by atoms with van der Waals surface area (Å²) in [7, 11) is -3.07. The molecule has 2 rings (SSSR count). The molecule has 3 N–H and O–H groups in total. The summed E-state index contributed by atoms with van der Waals surface area (Å²) in [5.41, 5.74) is 5.82. The first kappa shape index (κ1) is 13.3. The highest BCUT2D eigenvalue weighted by molar-refractivity contribution is 7.89. The molecule has 2 aliphatic rings. The van der Waals surface area contributed by atoms with E-state index in [1.165, 1.54) is 12.8 Å². The van der Waals surface area contributed by atoms with Crippen molar-refractivity contribution in [2.24, 2.45) is 11.7 Å². The highest BCUT2D eigenvalue weighted by atomic mass is 32.2. The molecule has 100 valence electrons. The third-order valence-electron chi connectivity index (χ3n) is 4.05. The Morgan fingerprint density at radius 3 is 2.18 bits per heavy atom. The van der Waals surface area contributed by atoms with E-state index in [0.29, 0.717) is 11.7 Å². The Morgan fingerprint density at radius 1 is 1.00 bits per heavy atom. The first-order chi connectivity index (χ1) is 8.05. The van der Waals surface area contributed by atoms with Gasteiger partial charge in [-0.15, -0.1) is 0 Å². The van der Waals surface area contributed by atoms with Gasteiger partial charge in [0.1, 0.15) is 0 Å².